The van der Waals surface area contributed by atoms with E-state index in [9.17, 15) is 14.9 Å². The van der Waals surface area contributed by atoms with Gasteiger partial charge >= 0.3 is 0 Å². The molecule has 0 radical (unpaired) electrons. The molecule has 3 rings (SSSR count). The average Bonchev–Trinajstić information content (AvgIpc) is 3.00. The highest BCUT2D eigenvalue weighted by Crippen LogP contribution is 2.26. The first kappa shape index (κ1) is 14.1. The largest absolute Gasteiger partial charge is 0.493 e. The van der Waals surface area contributed by atoms with Gasteiger partial charge in [-0.15, -0.1) is 0 Å². The minimum atomic E-state index is -0.505. The molecule has 1 aliphatic heterocycles. The smallest absolute Gasteiger partial charge is 0.273 e. The van der Waals surface area contributed by atoms with Crippen LogP contribution < -0.4 is 9.47 Å². The minimum absolute atomic E-state index is 0.0698. The van der Waals surface area contributed by atoms with Crippen LogP contribution in [0.4, 0.5) is 5.69 Å². The van der Waals surface area contributed by atoms with Gasteiger partial charge in [-0.2, -0.15) is 0 Å². The predicted molar refractivity (Wildman–Crippen MR) is 78.6 cm³/mol. The Morgan fingerprint density at radius 1 is 1.27 bits per heavy atom. The van der Waals surface area contributed by atoms with E-state index in [-0.39, 0.29) is 18.1 Å². The molecule has 0 atom stereocenters. The molecule has 22 heavy (non-hydrogen) atoms. The number of fused-ring (bicyclic) bond motifs is 1. The summed E-state index contributed by atoms with van der Waals surface area (Å²) in [6, 6.07) is 11.0. The third-order valence-electron chi connectivity index (χ3n) is 3.41. The van der Waals surface area contributed by atoms with Gasteiger partial charge in [0.25, 0.3) is 5.69 Å². The monoisotopic (exact) mass is 299 g/mol. The van der Waals surface area contributed by atoms with E-state index in [1.807, 2.05) is 6.07 Å². The number of rotatable bonds is 5. The summed E-state index contributed by atoms with van der Waals surface area (Å²) in [6.07, 6.45) is 0.794. The summed E-state index contributed by atoms with van der Waals surface area (Å²) in [5.41, 5.74) is 1.50. The van der Waals surface area contributed by atoms with Gasteiger partial charge in [0.15, 0.2) is 12.4 Å². The number of nitrogens with zero attached hydrogens (tertiary/aromatic N) is 1. The van der Waals surface area contributed by atoms with Crippen molar-refractivity contribution >= 4 is 11.5 Å². The number of carbonyl (C=O) groups is 1. The second-order valence-corrected chi connectivity index (χ2v) is 4.89. The fourth-order valence-electron chi connectivity index (χ4n) is 2.28. The van der Waals surface area contributed by atoms with Crippen LogP contribution in [0, 0.1) is 10.1 Å². The van der Waals surface area contributed by atoms with E-state index in [4.69, 9.17) is 9.47 Å². The van der Waals surface area contributed by atoms with Gasteiger partial charge < -0.3 is 9.47 Å². The second kappa shape index (κ2) is 5.85. The van der Waals surface area contributed by atoms with Crippen LogP contribution >= 0.6 is 0 Å². The zero-order valence-electron chi connectivity index (χ0n) is 11.7. The number of Topliss-reactive ketones (excluding diaryl/α,β-unsaturated/α-hetero) is 1. The molecular formula is C16H13NO5. The van der Waals surface area contributed by atoms with Crippen LogP contribution in [-0.2, 0) is 6.42 Å². The molecule has 112 valence electrons. The van der Waals surface area contributed by atoms with E-state index in [0.717, 1.165) is 17.7 Å². The molecule has 0 amide bonds. The molecule has 0 aliphatic carbocycles. The molecule has 0 spiro atoms. The van der Waals surface area contributed by atoms with E-state index < -0.39 is 4.92 Å². The van der Waals surface area contributed by atoms with Gasteiger partial charge in [0, 0.05) is 18.1 Å². The molecule has 1 heterocycles. The van der Waals surface area contributed by atoms with E-state index >= 15 is 0 Å². The fraction of sp³-hybridized carbons (Fsp3) is 0.188. The number of hydrogen-bond donors (Lipinski definition) is 0. The van der Waals surface area contributed by atoms with Crippen LogP contribution in [-0.4, -0.2) is 23.9 Å². The lowest BCUT2D eigenvalue weighted by molar-refractivity contribution is -0.384. The van der Waals surface area contributed by atoms with E-state index in [1.165, 1.54) is 18.2 Å². The van der Waals surface area contributed by atoms with Crippen LogP contribution in [0.5, 0.6) is 11.5 Å². The second-order valence-electron chi connectivity index (χ2n) is 4.89. The van der Waals surface area contributed by atoms with Crippen LogP contribution in [0.2, 0.25) is 0 Å². The lowest BCUT2D eigenvalue weighted by atomic mass is 10.1. The standard InChI is InChI=1S/C16H13NO5/c18-15(11-4-5-16-12(8-11)6-7-21-16)10-22-14-3-1-2-13(9-14)17(19)20/h1-5,8-9H,6-7,10H2. The van der Waals surface area contributed by atoms with Crippen LogP contribution in [0.3, 0.4) is 0 Å². The molecule has 0 unspecified atom stereocenters. The highest BCUT2D eigenvalue weighted by Gasteiger charge is 2.15. The number of nitro groups is 1. The third-order valence-corrected chi connectivity index (χ3v) is 3.41. The van der Waals surface area contributed by atoms with E-state index in [2.05, 4.69) is 0 Å². The first-order chi connectivity index (χ1) is 10.6. The van der Waals surface area contributed by atoms with Crippen LogP contribution in [0.15, 0.2) is 42.5 Å². The van der Waals surface area contributed by atoms with E-state index in [0.29, 0.717) is 17.9 Å². The number of hydrogen-bond acceptors (Lipinski definition) is 5. The van der Waals surface area contributed by atoms with Crippen molar-refractivity contribution in [1.29, 1.82) is 0 Å². The maximum atomic E-state index is 12.1. The Kier molecular flexibility index (Phi) is 3.74. The lowest BCUT2D eigenvalue weighted by Crippen LogP contribution is -2.11. The lowest BCUT2D eigenvalue weighted by Gasteiger charge is -2.06. The van der Waals surface area contributed by atoms with Crippen molar-refractivity contribution in [3.8, 4) is 11.5 Å². The Morgan fingerprint density at radius 2 is 2.14 bits per heavy atom. The molecule has 0 aromatic heterocycles. The van der Waals surface area contributed by atoms with Gasteiger partial charge in [-0.3, -0.25) is 14.9 Å². The van der Waals surface area contributed by atoms with Crippen molar-refractivity contribution < 1.29 is 19.2 Å². The summed E-state index contributed by atoms with van der Waals surface area (Å²) >= 11 is 0. The zero-order valence-corrected chi connectivity index (χ0v) is 11.7. The molecular weight excluding hydrogens is 286 g/mol. The molecule has 2 aromatic carbocycles. The number of nitro benzene ring substituents is 1. The Bertz CT molecular complexity index is 741. The minimum Gasteiger partial charge on any atom is -0.493 e. The first-order valence-corrected chi connectivity index (χ1v) is 6.79. The predicted octanol–water partition coefficient (Wildman–Crippen LogP) is 2.79. The molecule has 0 N–H and O–H groups in total. The fourth-order valence-corrected chi connectivity index (χ4v) is 2.28. The van der Waals surface area contributed by atoms with Crippen LogP contribution in [0.25, 0.3) is 0 Å². The molecule has 0 saturated carbocycles. The molecule has 6 heteroatoms. The molecule has 0 fully saturated rings. The van der Waals surface area contributed by atoms with Gasteiger partial charge in [0.05, 0.1) is 17.6 Å². The van der Waals surface area contributed by atoms with Crippen molar-refractivity contribution in [2.75, 3.05) is 13.2 Å². The van der Waals surface area contributed by atoms with Crippen molar-refractivity contribution in [2.45, 2.75) is 6.42 Å². The highest BCUT2D eigenvalue weighted by molar-refractivity contribution is 5.97. The van der Waals surface area contributed by atoms with Crippen LogP contribution in [0.1, 0.15) is 15.9 Å². The van der Waals surface area contributed by atoms with Gasteiger partial charge in [-0.25, -0.2) is 0 Å². The maximum absolute atomic E-state index is 12.1. The number of carbonyl (C=O) groups excluding carboxylic acids is 1. The molecule has 2 aromatic rings. The molecule has 0 bridgehead atoms. The summed E-state index contributed by atoms with van der Waals surface area (Å²) in [6.45, 7) is 0.470. The van der Waals surface area contributed by atoms with Crippen molar-refractivity contribution in [3.05, 3.63) is 63.7 Å². The summed E-state index contributed by atoms with van der Waals surface area (Å²) in [4.78, 5) is 22.3. The maximum Gasteiger partial charge on any atom is 0.273 e. The Hall–Kier alpha value is -2.89. The third kappa shape index (κ3) is 2.90. The highest BCUT2D eigenvalue weighted by atomic mass is 16.6. The Balaban J connectivity index is 1.67. The Morgan fingerprint density at radius 3 is 2.95 bits per heavy atom. The number of ether oxygens (including phenoxy) is 2. The normalized spacial score (nSPS) is 12.4. The van der Waals surface area contributed by atoms with Crippen molar-refractivity contribution in [2.24, 2.45) is 0 Å². The molecule has 6 nitrogen and oxygen atoms in total. The summed E-state index contributed by atoms with van der Waals surface area (Å²) < 4.78 is 10.7. The van der Waals surface area contributed by atoms with Gasteiger partial charge in [-0.1, -0.05) is 6.07 Å². The zero-order chi connectivity index (χ0) is 15.5. The van der Waals surface area contributed by atoms with Gasteiger partial charge in [0.1, 0.15) is 11.5 Å². The first-order valence-electron chi connectivity index (χ1n) is 6.79. The van der Waals surface area contributed by atoms with Crippen molar-refractivity contribution in [3.63, 3.8) is 0 Å². The summed E-state index contributed by atoms with van der Waals surface area (Å²) in [7, 11) is 0. The van der Waals surface area contributed by atoms with Gasteiger partial charge in [-0.05, 0) is 29.8 Å². The summed E-state index contributed by atoms with van der Waals surface area (Å²) in [5, 5.41) is 10.7. The number of benzene rings is 2. The van der Waals surface area contributed by atoms with Gasteiger partial charge in [0.2, 0.25) is 0 Å². The average molecular weight is 299 g/mol. The molecule has 0 saturated heterocycles. The summed E-state index contributed by atoms with van der Waals surface area (Å²) in [5.74, 6) is 0.935. The topological polar surface area (TPSA) is 78.7 Å². The SMILES string of the molecule is O=C(COc1cccc([N+](=O)[O-])c1)c1ccc2c(c1)CCO2. The number of non-ortho nitro benzene ring substituents is 1. The van der Waals surface area contributed by atoms with E-state index in [1.54, 1.807) is 18.2 Å². The molecule has 1 aliphatic rings. The number of ketones is 1. The Labute approximate surface area is 126 Å². The quantitative estimate of drug-likeness (QED) is 0.482. The van der Waals surface area contributed by atoms with Crippen molar-refractivity contribution in [1.82, 2.24) is 0 Å².